The number of aromatic nitrogens is 6. The first-order valence-corrected chi connectivity index (χ1v) is 6.55. The fourth-order valence-corrected chi connectivity index (χ4v) is 2.30. The minimum absolute atomic E-state index is 0.289. The number of aryl methyl sites for hydroxylation is 1. The lowest BCUT2D eigenvalue weighted by Crippen LogP contribution is -2.08. The van der Waals surface area contributed by atoms with Crippen LogP contribution in [0.4, 0.5) is 0 Å². The highest BCUT2D eigenvalue weighted by Gasteiger charge is 2.16. The Morgan fingerprint density at radius 3 is 2.85 bits per heavy atom. The number of imidazole rings is 1. The first-order valence-electron chi connectivity index (χ1n) is 6.01. The third-order valence-electron chi connectivity index (χ3n) is 3.13. The van der Waals surface area contributed by atoms with Crippen LogP contribution in [0.5, 0.6) is 5.88 Å². The smallest absolute Gasteiger partial charge is 0.245 e. The second-order valence-corrected chi connectivity index (χ2v) is 4.52. The van der Waals surface area contributed by atoms with E-state index in [1.807, 2.05) is 22.4 Å². The maximum Gasteiger partial charge on any atom is 0.245 e. The summed E-state index contributed by atoms with van der Waals surface area (Å²) in [6.45, 7) is 0.592. The number of methoxy groups -OCH3 is 1. The Morgan fingerprint density at radius 1 is 1.35 bits per heavy atom. The summed E-state index contributed by atoms with van der Waals surface area (Å²) in [6, 6.07) is 1.95. The molecule has 0 spiro atoms. The fraction of sp³-hybridized carbons (Fsp3) is 0.333. The Labute approximate surface area is 120 Å². The van der Waals surface area contributed by atoms with Crippen LogP contribution >= 0.6 is 11.6 Å². The van der Waals surface area contributed by atoms with Gasteiger partial charge < -0.3 is 9.30 Å². The predicted octanol–water partition coefficient (Wildman–Crippen LogP) is 1.36. The van der Waals surface area contributed by atoms with Crippen LogP contribution in [0, 0.1) is 0 Å². The van der Waals surface area contributed by atoms with Gasteiger partial charge in [0.1, 0.15) is 12.2 Å². The Balaban J connectivity index is 2.16. The third kappa shape index (κ3) is 2.00. The number of ether oxygens (including phenoxy) is 1. The van der Waals surface area contributed by atoms with Crippen molar-refractivity contribution in [2.45, 2.75) is 12.4 Å². The normalized spacial score (nSPS) is 11.2. The molecule has 0 N–H and O–H groups in total. The van der Waals surface area contributed by atoms with Crippen LogP contribution < -0.4 is 4.74 Å². The van der Waals surface area contributed by atoms with E-state index in [2.05, 4.69) is 20.1 Å². The molecular formula is C12H13ClN6O. The van der Waals surface area contributed by atoms with E-state index in [-0.39, 0.29) is 5.88 Å². The largest absolute Gasteiger partial charge is 0.479 e. The molecule has 0 amide bonds. The van der Waals surface area contributed by atoms with Crippen molar-refractivity contribution in [3.05, 3.63) is 30.1 Å². The molecule has 0 aliphatic carbocycles. The molecule has 8 heteroatoms. The number of hydrogen-bond donors (Lipinski definition) is 0. The van der Waals surface area contributed by atoms with E-state index >= 15 is 0 Å². The van der Waals surface area contributed by atoms with Crippen molar-refractivity contribution in [2.24, 2.45) is 7.05 Å². The zero-order valence-corrected chi connectivity index (χ0v) is 11.9. The zero-order valence-electron chi connectivity index (χ0n) is 11.1. The van der Waals surface area contributed by atoms with E-state index in [1.54, 1.807) is 13.3 Å². The molecule has 20 heavy (non-hydrogen) atoms. The molecule has 0 aliphatic rings. The average molecular weight is 293 g/mol. The van der Waals surface area contributed by atoms with Crippen molar-refractivity contribution < 1.29 is 4.74 Å². The van der Waals surface area contributed by atoms with Gasteiger partial charge in [-0.3, -0.25) is 4.68 Å². The molecule has 0 saturated carbocycles. The lowest BCUT2D eigenvalue weighted by Gasteiger charge is -2.07. The maximum atomic E-state index is 5.98. The molecule has 104 valence electrons. The van der Waals surface area contributed by atoms with Gasteiger partial charge in [-0.25, -0.2) is 9.97 Å². The van der Waals surface area contributed by atoms with Crippen LogP contribution in [0.1, 0.15) is 11.5 Å². The fourth-order valence-electron chi connectivity index (χ4n) is 2.10. The van der Waals surface area contributed by atoms with Gasteiger partial charge >= 0.3 is 0 Å². The summed E-state index contributed by atoms with van der Waals surface area (Å²) in [5.74, 6) is 1.46. The van der Waals surface area contributed by atoms with Crippen molar-refractivity contribution in [1.82, 2.24) is 29.3 Å². The summed E-state index contributed by atoms with van der Waals surface area (Å²) in [5.41, 5.74) is 2.36. The van der Waals surface area contributed by atoms with Gasteiger partial charge in [0.15, 0.2) is 11.2 Å². The van der Waals surface area contributed by atoms with Gasteiger partial charge in [-0.1, -0.05) is 0 Å². The molecule has 3 aromatic heterocycles. The molecule has 0 bridgehead atoms. The second kappa shape index (κ2) is 5.09. The highest BCUT2D eigenvalue weighted by atomic mass is 35.5. The number of hydrogen-bond acceptors (Lipinski definition) is 5. The highest BCUT2D eigenvalue weighted by Crippen LogP contribution is 2.23. The summed E-state index contributed by atoms with van der Waals surface area (Å²) < 4.78 is 8.97. The number of halogens is 1. The Morgan fingerprint density at radius 2 is 2.20 bits per heavy atom. The first kappa shape index (κ1) is 12.9. The molecule has 0 unspecified atom stereocenters. The molecule has 0 atom stereocenters. The van der Waals surface area contributed by atoms with Crippen molar-refractivity contribution in [3.8, 4) is 5.88 Å². The van der Waals surface area contributed by atoms with Gasteiger partial charge in [0.2, 0.25) is 5.88 Å². The lowest BCUT2D eigenvalue weighted by molar-refractivity contribution is 0.401. The van der Waals surface area contributed by atoms with Crippen LogP contribution in [0.15, 0.2) is 18.6 Å². The molecular weight excluding hydrogens is 280 g/mol. The second-order valence-electron chi connectivity index (χ2n) is 4.25. The molecule has 0 aliphatic heterocycles. The van der Waals surface area contributed by atoms with Gasteiger partial charge in [-0.15, -0.1) is 11.6 Å². The quantitative estimate of drug-likeness (QED) is 0.679. The molecule has 3 aromatic rings. The average Bonchev–Trinajstić information content (AvgIpc) is 3.03. The van der Waals surface area contributed by atoms with Gasteiger partial charge in [0, 0.05) is 13.2 Å². The van der Waals surface area contributed by atoms with Gasteiger partial charge in [-0.05, 0) is 6.07 Å². The Bertz CT molecular complexity index is 750. The highest BCUT2D eigenvalue weighted by molar-refractivity contribution is 6.16. The summed E-state index contributed by atoms with van der Waals surface area (Å²) >= 11 is 5.98. The Hall–Kier alpha value is -2.15. The van der Waals surface area contributed by atoms with Crippen molar-refractivity contribution in [3.63, 3.8) is 0 Å². The summed E-state index contributed by atoms with van der Waals surface area (Å²) in [5, 5.41) is 4.16. The van der Waals surface area contributed by atoms with E-state index in [0.29, 0.717) is 23.6 Å². The standard InChI is InChI=1S/C12H13ClN6O/c1-18-8(3-4-16-18)6-19-9(5-13)17-10-11(19)14-7-15-12(10)20-2/h3-4,7H,5-6H2,1-2H3. The maximum absolute atomic E-state index is 5.98. The number of rotatable bonds is 4. The summed E-state index contributed by atoms with van der Waals surface area (Å²) in [7, 11) is 3.45. The van der Waals surface area contributed by atoms with Gasteiger partial charge in [0.05, 0.1) is 25.2 Å². The zero-order chi connectivity index (χ0) is 14.1. The van der Waals surface area contributed by atoms with E-state index in [4.69, 9.17) is 16.3 Å². The van der Waals surface area contributed by atoms with E-state index < -0.39 is 0 Å². The predicted molar refractivity (Wildman–Crippen MR) is 73.7 cm³/mol. The monoisotopic (exact) mass is 292 g/mol. The Kier molecular flexibility index (Phi) is 3.27. The van der Waals surface area contributed by atoms with Crippen LogP contribution in [0.3, 0.4) is 0 Å². The molecule has 0 fully saturated rings. The number of alkyl halides is 1. The SMILES string of the molecule is COc1ncnc2c1nc(CCl)n2Cc1ccnn1C. The van der Waals surface area contributed by atoms with Gasteiger partial charge in [-0.2, -0.15) is 10.1 Å². The number of nitrogens with zero attached hydrogens (tertiary/aromatic N) is 6. The molecule has 0 aromatic carbocycles. The van der Waals surface area contributed by atoms with Crippen LogP contribution in [-0.2, 0) is 19.5 Å². The van der Waals surface area contributed by atoms with Crippen molar-refractivity contribution in [1.29, 1.82) is 0 Å². The third-order valence-corrected chi connectivity index (χ3v) is 3.37. The van der Waals surface area contributed by atoms with E-state index in [9.17, 15) is 0 Å². The van der Waals surface area contributed by atoms with Crippen LogP contribution in [0.2, 0.25) is 0 Å². The van der Waals surface area contributed by atoms with Crippen LogP contribution in [0.25, 0.3) is 11.2 Å². The van der Waals surface area contributed by atoms with Crippen LogP contribution in [-0.4, -0.2) is 36.4 Å². The number of fused-ring (bicyclic) bond motifs is 1. The summed E-state index contributed by atoms with van der Waals surface area (Å²) in [4.78, 5) is 12.8. The van der Waals surface area contributed by atoms with E-state index in [0.717, 1.165) is 11.5 Å². The van der Waals surface area contributed by atoms with Crippen molar-refractivity contribution in [2.75, 3.05) is 7.11 Å². The molecule has 7 nitrogen and oxygen atoms in total. The van der Waals surface area contributed by atoms with Gasteiger partial charge in [0.25, 0.3) is 0 Å². The minimum atomic E-state index is 0.289. The summed E-state index contributed by atoms with van der Waals surface area (Å²) in [6.07, 6.45) is 3.21. The first-order chi connectivity index (χ1) is 9.74. The molecule has 0 saturated heterocycles. The molecule has 0 radical (unpaired) electrons. The minimum Gasteiger partial charge on any atom is -0.479 e. The lowest BCUT2D eigenvalue weighted by atomic mass is 10.4. The topological polar surface area (TPSA) is 70.7 Å². The van der Waals surface area contributed by atoms with Crippen molar-refractivity contribution >= 4 is 22.8 Å². The molecule has 3 rings (SSSR count). The molecule has 3 heterocycles. The van der Waals surface area contributed by atoms with E-state index in [1.165, 1.54) is 6.33 Å².